The Morgan fingerprint density at radius 3 is 1.94 bits per heavy atom. The normalized spacial score (nSPS) is 27.3. The van der Waals surface area contributed by atoms with Crippen molar-refractivity contribution < 1.29 is 9.31 Å². The molecule has 0 aromatic heterocycles. The molecule has 2 aromatic carbocycles. The van der Waals surface area contributed by atoms with Crippen molar-refractivity contribution in [2.45, 2.75) is 103 Å². The molecule has 0 bridgehead atoms. The lowest BCUT2D eigenvalue weighted by Gasteiger charge is -2.35. The summed E-state index contributed by atoms with van der Waals surface area (Å²) in [5.41, 5.74) is 11.9. The monoisotopic (exact) mass is 414 g/mol. The molecule has 0 amide bonds. The van der Waals surface area contributed by atoms with Crippen LogP contribution in [0, 0.1) is 0 Å². The second-order valence-corrected chi connectivity index (χ2v) is 11.3. The van der Waals surface area contributed by atoms with Crippen LogP contribution in [-0.2, 0) is 21.1 Å². The van der Waals surface area contributed by atoms with E-state index in [9.17, 15) is 0 Å². The maximum Gasteiger partial charge on any atom is 0.466 e. The van der Waals surface area contributed by atoms with Crippen molar-refractivity contribution in [3.8, 4) is 11.1 Å². The largest absolute Gasteiger partial charge is 0.466 e. The zero-order valence-corrected chi connectivity index (χ0v) is 20.2. The van der Waals surface area contributed by atoms with Crippen molar-refractivity contribution >= 4 is 7.12 Å². The number of rotatable bonds is 4. The molecule has 31 heavy (non-hydrogen) atoms. The second kappa shape index (κ2) is 6.05. The highest BCUT2D eigenvalue weighted by atomic mass is 16.7. The third kappa shape index (κ3) is 2.37. The van der Waals surface area contributed by atoms with Gasteiger partial charge >= 0.3 is 7.12 Å². The van der Waals surface area contributed by atoms with Gasteiger partial charge in [0, 0.05) is 17.2 Å². The van der Waals surface area contributed by atoms with Crippen LogP contribution in [0.2, 0.25) is 0 Å². The molecule has 6 rings (SSSR count). The molecule has 0 spiro atoms. The minimum Gasteiger partial charge on any atom is -0.403 e. The number of hydrogen-bond donors (Lipinski definition) is 0. The molecule has 4 aliphatic rings. The number of hydrogen-bond acceptors (Lipinski definition) is 2. The Kier molecular flexibility index (Phi) is 3.92. The molecule has 1 aliphatic heterocycles. The highest BCUT2D eigenvalue weighted by Crippen LogP contribution is 2.60. The van der Waals surface area contributed by atoms with Crippen LogP contribution in [0.15, 0.2) is 24.3 Å². The van der Waals surface area contributed by atoms with Crippen LogP contribution in [0.1, 0.15) is 113 Å². The highest BCUT2D eigenvalue weighted by Gasteiger charge is 2.56. The maximum absolute atomic E-state index is 6.44. The fraction of sp³-hybridized carbons (Fsp3) is 0.571. The van der Waals surface area contributed by atoms with Crippen LogP contribution >= 0.6 is 0 Å². The Hall–Kier alpha value is -1.58. The Morgan fingerprint density at radius 2 is 1.35 bits per heavy atom. The number of fused-ring (bicyclic) bond motifs is 5. The summed E-state index contributed by atoms with van der Waals surface area (Å²) >= 11 is 0. The summed E-state index contributed by atoms with van der Waals surface area (Å²) in [6.07, 6.45) is 4.59. The van der Waals surface area contributed by atoms with Gasteiger partial charge < -0.3 is 9.31 Å². The van der Waals surface area contributed by atoms with Crippen LogP contribution in [0.25, 0.3) is 11.1 Å². The Labute approximate surface area is 187 Å². The zero-order valence-electron chi connectivity index (χ0n) is 20.2. The smallest absolute Gasteiger partial charge is 0.403 e. The minimum absolute atomic E-state index is 0.139. The predicted octanol–water partition coefficient (Wildman–Crippen LogP) is 6.90. The molecule has 162 valence electrons. The summed E-state index contributed by atoms with van der Waals surface area (Å²) in [6.45, 7) is 15.7. The van der Waals surface area contributed by atoms with Crippen molar-refractivity contribution in [2.24, 2.45) is 0 Å². The molecule has 2 aromatic rings. The molecular formula is C28H35BO2. The minimum atomic E-state index is -0.267. The molecule has 0 saturated carbocycles. The Morgan fingerprint density at radius 1 is 0.806 bits per heavy atom. The third-order valence-corrected chi connectivity index (χ3v) is 9.55. The molecule has 2 unspecified atom stereocenters. The lowest BCUT2D eigenvalue weighted by Crippen LogP contribution is -2.41. The average molecular weight is 414 g/mol. The first-order valence-corrected chi connectivity index (χ1v) is 12.4. The van der Waals surface area contributed by atoms with Crippen molar-refractivity contribution in [2.75, 3.05) is 0 Å². The van der Waals surface area contributed by atoms with Crippen LogP contribution < -0.4 is 0 Å². The summed E-state index contributed by atoms with van der Waals surface area (Å²) in [7, 11) is -0.139. The van der Waals surface area contributed by atoms with Gasteiger partial charge in [0.15, 0.2) is 0 Å². The number of benzene rings is 2. The molecule has 3 aliphatic carbocycles. The van der Waals surface area contributed by atoms with Crippen molar-refractivity contribution in [1.29, 1.82) is 0 Å². The van der Waals surface area contributed by atoms with E-state index in [1.165, 1.54) is 28.7 Å². The van der Waals surface area contributed by atoms with E-state index in [0.717, 1.165) is 19.3 Å². The van der Waals surface area contributed by atoms with Crippen LogP contribution in [-0.4, -0.2) is 18.3 Å². The van der Waals surface area contributed by atoms with Gasteiger partial charge in [-0.25, -0.2) is 0 Å². The first kappa shape index (κ1) is 20.1. The lowest BCUT2D eigenvalue weighted by atomic mass is 9.56. The van der Waals surface area contributed by atoms with Gasteiger partial charge in [0.2, 0.25) is 0 Å². The summed E-state index contributed by atoms with van der Waals surface area (Å²) < 4.78 is 12.9. The molecule has 0 radical (unpaired) electrons. The SMILES string of the molecule is CCC1c2cc3c(cc21)C(CC)(CC)c1cc2c(cc1-3)CC2B1OC(C)(C)C(C)(C)O1. The van der Waals surface area contributed by atoms with Crippen LogP contribution in [0.3, 0.4) is 0 Å². The quantitative estimate of drug-likeness (QED) is 0.507. The van der Waals surface area contributed by atoms with E-state index >= 15 is 0 Å². The molecule has 1 saturated heterocycles. The first-order valence-electron chi connectivity index (χ1n) is 12.4. The van der Waals surface area contributed by atoms with Crippen LogP contribution in [0.5, 0.6) is 0 Å². The average Bonchev–Trinajstić information content (AvgIpc) is 3.26. The first-order chi connectivity index (χ1) is 14.7. The molecule has 1 heterocycles. The Balaban J connectivity index is 1.43. The topological polar surface area (TPSA) is 18.5 Å². The maximum atomic E-state index is 6.44. The summed E-state index contributed by atoms with van der Waals surface area (Å²) in [6, 6.07) is 10.1. The van der Waals surface area contributed by atoms with Gasteiger partial charge in [-0.1, -0.05) is 39.0 Å². The summed E-state index contributed by atoms with van der Waals surface area (Å²) in [5, 5.41) is 0. The van der Waals surface area contributed by atoms with E-state index in [1.54, 1.807) is 22.3 Å². The summed E-state index contributed by atoms with van der Waals surface area (Å²) in [5.74, 6) is 1.06. The van der Waals surface area contributed by atoms with Crippen molar-refractivity contribution in [3.05, 3.63) is 57.6 Å². The van der Waals surface area contributed by atoms with Gasteiger partial charge in [-0.3, -0.25) is 0 Å². The molecule has 3 heteroatoms. The molecule has 1 fully saturated rings. The van der Waals surface area contributed by atoms with Crippen molar-refractivity contribution in [1.82, 2.24) is 0 Å². The Bertz CT molecular complexity index is 1090. The second-order valence-electron chi connectivity index (χ2n) is 11.3. The summed E-state index contributed by atoms with van der Waals surface area (Å²) in [4.78, 5) is 0. The highest BCUT2D eigenvalue weighted by molar-refractivity contribution is 6.48. The molecule has 0 N–H and O–H groups in total. The third-order valence-electron chi connectivity index (χ3n) is 9.55. The fourth-order valence-corrected chi connectivity index (χ4v) is 6.67. The van der Waals surface area contributed by atoms with Crippen LogP contribution in [0.4, 0.5) is 0 Å². The van der Waals surface area contributed by atoms with Gasteiger partial charge in [0.1, 0.15) is 0 Å². The zero-order chi connectivity index (χ0) is 21.9. The van der Waals surface area contributed by atoms with Gasteiger partial charge in [-0.15, -0.1) is 0 Å². The van der Waals surface area contributed by atoms with E-state index in [1.807, 2.05) is 0 Å². The predicted molar refractivity (Wildman–Crippen MR) is 128 cm³/mol. The molecule has 2 nitrogen and oxygen atoms in total. The van der Waals surface area contributed by atoms with Gasteiger partial charge in [-0.2, -0.15) is 0 Å². The van der Waals surface area contributed by atoms with Gasteiger partial charge in [0.05, 0.1) is 11.2 Å². The molecule has 2 atom stereocenters. The standard InChI is InChI=1S/C28H35BO2/c1-8-17-19-13-22-21-11-16-12-25(29-30-26(4,5)27(6,7)31-29)18(16)14-23(21)28(9-2,10-3)24(22)15-20(17)19/h11,13-15,17,25H,8-10,12H2,1-7H3. The van der Waals surface area contributed by atoms with E-state index in [-0.39, 0.29) is 23.7 Å². The lowest BCUT2D eigenvalue weighted by molar-refractivity contribution is 0.00578. The van der Waals surface area contributed by atoms with Crippen molar-refractivity contribution in [3.63, 3.8) is 0 Å². The van der Waals surface area contributed by atoms with E-state index in [2.05, 4.69) is 72.7 Å². The van der Waals surface area contributed by atoms with E-state index in [0.29, 0.717) is 11.7 Å². The van der Waals surface area contributed by atoms with E-state index < -0.39 is 0 Å². The van der Waals surface area contributed by atoms with E-state index in [4.69, 9.17) is 9.31 Å². The van der Waals surface area contributed by atoms with Gasteiger partial charge in [-0.05, 0) is 104 Å². The van der Waals surface area contributed by atoms with Gasteiger partial charge in [0.25, 0.3) is 0 Å². The fourth-order valence-electron chi connectivity index (χ4n) is 6.67. The molecular weight excluding hydrogens is 379 g/mol.